The van der Waals surface area contributed by atoms with Gasteiger partial charge in [0, 0.05) is 13.1 Å². The maximum atomic E-state index is 8.92. The van der Waals surface area contributed by atoms with Crippen LogP contribution in [0.5, 0.6) is 0 Å². The molecule has 3 N–H and O–H groups in total. The van der Waals surface area contributed by atoms with Crippen LogP contribution in [0, 0.1) is 0 Å². The van der Waals surface area contributed by atoms with Gasteiger partial charge in [0.15, 0.2) is 5.58 Å². The molecule has 86 valence electrons. The van der Waals surface area contributed by atoms with Crippen LogP contribution in [0.25, 0.3) is 11.1 Å². The van der Waals surface area contributed by atoms with Crippen molar-refractivity contribution < 1.29 is 9.52 Å². The summed E-state index contributed by atoms with van der Waals surface area (Å²) in [7, 11) is 0. The number of benzene rings is 1. The number of anilines is 2. The number of fused-ring (bicyclic) bond motifs is 1. The first-order valence-electron chi connectivity index (χ1n) is 5.27. The van der Waals surface area contributed by atoms with E-state index in [9.17, 15) is 0 Å². The Labute approximate surface area is 93.5 Å². The quantitative estimate of drug-likeness (QED) is 0.759. The van der Waals surface area contributed by atoms with Crippen LogP contribution < -0.4 is 10.6 Å². The summed E-state index contributed by atoms with van der Waals surface area (Å²) in [5.74, 6) is 0. The highest BCUT2D eigenvalue weighted by molar-refractivity contribution is 5.86. The Hall–Kier alpha value is -1.75. The summed E-state index contributed by atoms with van der Waals surface area (Å²) in [6.07, 6.45) is 0. The molecule has 5 nitrogen and oxygen atoms in total. The van der Waals surface area contributed by atoms with Crippen molar-refractivity contribution in [3.05, 3.63) is 18.2 Å². The first-order valence-corrected chi connectivity index (χ1v) is 5.27. The Kier molecular flexibility index (Phi) is 2.96. The molecule has 2 aromatic rings. The number of likely N-dealkylation sites (N-methyl/N-ethyl adjacent to an activating group) is 1. The van der Waals surface area contributed by atoms with Crippen LogP contribution in [-0.4, -0.2) is 29.8 Å². The number of aliphatic hydroxyl groups is 1. The summed E-state index contributed by atoms with van der Waals surface area (Å²) in [6.45, 7) is 3.28. The predicted molar refractivity (Wildman–Crippen MR) is 63.4 cm³/mol. The van der Waals surface area contributed by atoms with E-state index in [1.165, 1.54) is 0 Å². The van der Waals surface area contributed by atoms with Crippen LogP contribution in [0.4, 0.5) is 11.7 Å². The van der Waals surface area contributed by atoms with E-state index in [4.69, 9.17) is 15.3 Å². The van der Waals surface area contributed by atoms with Gasteiger partial charge >= 0.3 is 0 Å². The number of aromatic nitrogens is 1. The van der Waals surface area contributed by atoms with Crippen molar-refractivity contribution in [3.8, 4) is 0 Å². The van der Waals surface area contributed by atoms with E-state index in [0.717, 1.165) is 6.54 Å². The van der Waals surface area contributed by atoms with Crippen molar-refractivity contribution in [2.45, 2.75) is 6.92 Å². The second-order valence-corrected chi connectivity index (χ2v) is 3.49. The van der Waals surface area contributed by atoms with Crippen molar-refractivity contribution in [3.63, 3.8) is 0 Å². The second-order valence-electron chi connectivity index (χ2n) is 3.49. The molecule has 0 aliphatic heterocycles. The Bertz CT molecular complexity index is 481. The Balaban J connectivity index is 2.42. The van der Waals surface area contributed by atoms with Gasteiger partial charge < -0.3 is 20.2 Å². The van der Waals surface area contributed by atoms with Gasteiger partial charge in [0.1, 0.15) is 5.52 Å². The zero-order valence-corrected chi connectivity index (χ0v) is 9.18. The molecule has 1 heterocycles. The molecule has 0 atom stereocenters. The number of nitrogens with zero attached hydrogens (tertiary/aromatic N) is 2. The van der Waals surface area contributed by atoms with Crippen LogP contribution in [0.1, 0.15) is 6.92 Å². The van der Waals surface area contributed by atoms with E-state index in [1.807, 2.05) is 24.0 Å². The van der Waals surface area contributed by atoms with Gasteiger partial charge in [-0.15, -0.1) is 0 Å². The molecule has 5 heteroatoms. The maximum absolute atomic E-state index is 8.92. The first-order chi connectivity index (χ1) is 7.76. The van der Waals surface area contributed by atoms with E-state index in [2.05, 4.69) is 4.98 Å². The topological polar surface area (TPSA) is 75.5 Å². The molecule has 1 aromatic heterocycles. The number of aliphatic hydroxyl groups excluding tert-OH is 1. The number of hydrogen-bond donors (Lipinski definition) is 2. The van der Waals surface area contributed by atoms with Gasteiger partial charge in [-0.05, 0) is 19.1 Å². The minimum Gasteiger partial charge on any atom is -0.423 e. The third-order valence-corrected chi connectivity index (χ3v) is 2.46. The van der Waals surface area contributed by atoms with E-state index < -0.39 is 0 Å². The molecule has 0 radical (unpaired) electrons. The summed E-state index contributed by atoms with van der Waals surface area (Å²) < 4.78 is 5.58. The fourth-order valence-corrected chi connectivity index (χ4v) is 1.60. The maximum Gasteiger partial charge on any atom is 0.298 e. The molecule has 0 bridgehead atoms. The molecule has 0 aliphatic carbocycles. The number of oxazole rings is 1. The highest BCUT2D eigenvalue weighted by atomic mass is 16.4. The van der Waals surface area contributed by atoms with Crippen LogP contribution in [0.3, 0.4) is 0 Å². The number of para-hydroxylation sites is 1. The van der Waals surface area contributed by atoms with E-state index in [1.54, 1.807) is 6.07 Å². The average Bonchev–Trinajstić information content (AvgIpc) is 2.71. The van der Waals surface area contributed by atoms with Crippen molar-refractivity contribution in [1.82, 2.24) is 4.98 Å². The monoisotopic (exact) mass is 221 g/mol. The molecule has 0 unspecified atom stereocenters. The average molecular weight is 221 g/mol. The molecule has 0 aliphatic rings. The van der Waals surface area contributed by atoms with E-state index >= 15 is 0 Å². The standard InChI is InChI=1S/C11H15N3O2/c1-2-14(6-7-15)11-13-10-8(12)4-3-5-9(10)16-11/h3-5,15H,2,6-7,12H2,1H3. The van der Waals surface area contributed by atoms with Crippen molar-refractivity contribution in [2.24, 2.45) is 0 Å². The highest BCUT2D eigenvalue weighted by Gasteiger charge is 2.13. The van der Waals surface area contributed by atoms with Crippen LogP contribution in [-0.2, 0) is 0 Å². The largest absolute Gasteiger partial charge is 0.423 e. The van der Waals surface area contributed by atoms with Crippen molar-refractivity contribution in [1.29, 1.82) is 0 Å². The fraction of sp³-hybridized carbons (Fsp3) is 0.364. The molecular formula is C11H15N3O2. The molecule has 0 amide bonds. The SMILES string of the molecule is CCN(CCO)c1nc2c(N)cccc2o1. The highest BCUT2D eigenvalue weighted by Crippen LogP contribution is 2.25. The summed E-state index contributed by atoms with van der Waals surface area (Å²) in [5.41, 5.74) is 7.75. The number of rotatable bonds is 4. The Morgan fingerprint density at radius 1 is 1.50 bits per heavy atom. The summed E-state index contributed by atoms with van der Waals surface area (Å²) >= 11 is 0. The fourth-order valence-electron chi connectivity index (χ4n) is 1.60. The van der Waals surface area contributed by atoms with Gasteiger partial charge in [-0.3, -0.25) is 0 Å². The molecule has 2 rings (SSSR count). The smallest absolute Gasteiger partial charge is 0.298 e. The molecule has 16 heavy (non-hydrogen) atoms. The molecule has 1 aromatic carbocycles. The Morgan fingerprint density at radius 2 is 2.31 bits per heavy atom. The third kappa shape index (κ3) is 1.81. The van der Waals surface area contributed by atoms with E-state index in [0.29, 0.717) is 29.3 Å². The second kappa shape index (κ2) is 4.40. The van der Waals surface area contributed by atoms with Crippen molar-refractivity contribution >= 4 is 22.8 Å². The van der Waals surface area contributed by atoms with Crippen LogP contribution in [0.15, 0.2) is 22.6 Å². The lowest BCUT2D eigenvalue weighted by atomic mass is 10.3. The van der Waals surface area contributed by atoms with Crippen LogP contribution in [0.2, 0.25) is 0 Å². The van der Waals surface area contributed by atoms with Gasteiger partial charge in [-0.2, -0.15) is 4.98 Å². The van der Waals surface area contributed by atoms with Gasteiger partial charge in [0.25, 0.3) is 6.01 Å². The molecule has 0 spiro atoms. The lowest BCUT2D eigenvalue weighted by Crippen LogP contribution is -2.26. The molecule has 0 saturated heterocycles. The predicted octanol–water partition coefficient (Wildman–Crippen LogP) is 1.23. The van der Waals surface area contributed by atoms with Gasteiger partial charge in [0.05, 0.1) is 12.3 Å². The number of nitrogens with two attached hydrogens (primary N) is 1. The lowest BCUT2D eigenvalue weighted by Gasteiger charge is -2.16. The van der Waals surface area contributed by atoms with Gasteiger partial charge in [-0.1, -0.05) is 6.07 Å². The summed E-state index contributed by atoms with van der Waals surface area (Å²) in [5, 5.41) is 8.92. The minimum atomic E-state index is 0.0715. The zero-order chi connectivity index (χ0) is 11.5. The molecule has 0 fully saturated rings. The first kappa shape index (κ1) is 10.8. The van der Waals surface area contributed by atoms with Gasteiger partial charge in [0.2, 0.25) is 0 Å². The van der Waals surface area contributed by atoms with Crippen LogP contribution >= 0.6 is 0 Å². The normalized spacial score (nSPS) is 10.9. The minimum absolute atomic E-state index is 0.0715. The number of nitrogen functional groups attached to an aromatic ring is 1. The lowest BCUT2D eigenvalue weighted by molar-refractivity contribution is 0.299. The van der Waals surface area contributed by atoms with Crippen molar-refractivity contribution in [2.75, 3.05) is 30.3 Å². The Morgan fingerprint density at radius 3 is 2.94 bits per heavy atom. The number of hydrogen-bond acceptors (Lipinski definition) is 5. The third-order valence-electron chi connectivity index (χ3n) is 2.46. The summed E-state index contributed by atoms with van der Waals surface area (Å²) in [4.78, 5) is 6.19. The summed E-state index contributed by atoms with van der Waals surface area (Å²) in [6, 6.07) is 5.95. The molecule has 0 saturated carbocycles. The van der Waals surface area contributed by atoms with Gasteiger partial charge in [-0.25, -0.2) is 0 Å². The zero-order valence-electron chi connectivity index (χ0n) is 9.18. The molecular weight excluding hydrogens is 206 g/mol. The van der Waals surface area contributed by atoms with E-state index in [-0.39, 0.29) is 6.61 Å².